The first-order valence-electron chi connectivity index (χ1n) is 8.68. The Labute approximate surface area is 168 Å². The highest BCUT2D eigenvalue weighted by Crippen LogP contribution is 2.29. The van der Waals surface area contributed by atoms with Crippen LogP contribution in [-0.4, -0.2) is 24.2 Å². The molecule has 148 valence electrons. The third-order valence-corrected chi connectivity index (χ3v) is 4.21. The predicted molar refractivity (Wildman–Crippen MR) is 112 cm³/mol. The van der Waals surface area contributed by atoms with Crippen molar-refractivity contribution < 1.29 is 9.47 Å². The number of nitrogen functional groups attached to an aromatic ring is 2. The van der Waals surface area contributed by atoms with E-state index in [0.29, 0.717) is 35.0 Å². The number of nitrogens with one attached hydrogen (secondary N) is 2. The molecule has 1 heterocycles. The van der Waals surface area contributed by atoms with E-state index in [1.54, 1.807) is 32.4 Å². The van der Waals surface area contributed by atoms with Crippen LogP contribution < -0.4 is 31.6 Å². The molecule has 29 heavy (non-hydrogen) atoms. The number of benzene rings is 2. The van der Waals surface area contributed by atoms with Gasteiger partial charge in [-0.05, 0) is 30.3 Å². The fourth-order valence-corrected chi connectivity index (χ4v) is 2.64. The van der Waals surface area contributed by atoms with Crippen LogP contribution in [0.5, 0.6) is 11.5 Å². The van der Waals surface area contributed by atoms with Gasteiger partial charge in [-0.2, -0.15) is 10.2 Å². The zero-order valence-corrected chi connectivity index (χ0v) is 16.1. The third kappa shape index (κ3) is 4.56. The SMILES string of the molecule is COc1ccc(CNc2ccc(C#N)cc2Nc2ncc(N)c(N)n2)c(OC)c1. The van der Waals surface area contributed by atoms with Gasteiger partial charge in [-0.1, -0.05) is 0 Å². The molecule has 3 aromatic rings. The Bertz CT molecular complexity index is 1060. The van der Waals surface area contributed by atoms with Crippen LogP contribution in [0.15, 0.2) is 42.6 Å². The summed E-state index contributed by atoms with van der Waals surface area (Å²) in [4.78, 5) is 8.24. The molecular weight excluding hydrogens is 370 g/mol. The van der Waals surface area contributed by atoms with Gasteiger partial charge in [0.1, 0.15) is 11.5 Å². The van der Waals surface area contributed by atoms with Crippen molar-refractivity contribution in [2.75, 3.05) is 36.3 Å². The van der Waals surface area contributed by atoms with Gasteiger partial charge in [-0.25, -0.2) is 4.98 Å². The van der Waals surface area contributed by atoms with Gasteiger partial charge in [-0.15, -0.1) is 0 Å². The molecule has 2 aromatic carbocycles. The summed E-state index contributed by atoms with van der Waals surface area (Å²) < 4.78 is 10.7. The standard InChI is InChI=1S/C20H21N7O2/c1-28-14-5-4-13(18(8-14)29-2)10-24-16-6-3-12(9-21)7-17(16)26-20-25-11-15(22)19(23)27-20/h3-8,11,24H,10,22H2,1-2H3,(H3,23,25,26,27). The highest BCUT2D eigenvalue weighted by Gasteiger charge is 2.10. The second kappa shape index (κ2) is 8.67. The molecule has 9 heteroatoms. The van der Waals surface area contributed by atoms with Crippen molar-refractivity contribution in [2.24, 2.45) is 0 Å². The Morgan fingerprint density at radius 2 is 1.90 bits per heavy atom. The first-order chi connectivity index (χ1) is 14.0. The van der Waals surface area contributed by atoms with Gasteiger partial charge in [0.05, 0.1) is 49.1 Å². The fraction of sp³-hybridized carbons (Fsp3) is 0.150. The number of hydrogen-bond acceptors (Lipinski definition) is 9. The Kier molecular flexibility index (Phi) is 5.85. The second-order valence-corrected chi connectivity index (χ2v) is 6.06. The van der Waals surface area contributed by atoms with Gasteiger partial charge in [0, 0.05) is 18.2 Å². The summed E-state index contributed by atoms with van der Waals surface area (Å²) in [5.41, 5.74) is 14.5. The lowest BCUT2D eigenvalue weighted by Crippen LogP contribution is -2.07. The van der Waals surface area contributed by atoms with Crippen molar-refractivity contribution >= 4 is 28.8 Å². The lowest BCUT2D eigenvalue weighted by molar-refractivity contribution is 0.391. The van der Waals surface area contributed by atoms with Gasteiger partial charge >= 0.3 is 0 Å². The number of rotatable bonds is 7. The van der Waals surface area contributed by atoms with E-state index < -0.39 is 0 Å². The van der Waals surface area contributed by atoms with Crippen LogP contribution in [0.25, 0.3) is 0 Å². The normalized spacial score (nSPS) is 10.1. The van der Waals surface area contributed by atoms with Gasteiger partial charge < -0.3 is 31.6 Å². The van der Waals surface area contributed by atoms with E-state index in [4.69, 9.17) is 20.9 Å². The maximum atomic E-state index is 9.23. The largest absolute Gasteiger partial charge is 0.497 e. The van der Waals surface area contributed by atoms with E-state index in [1.807, 2.05) is 18.2 Å². The minimum absolute atomic E-state index is 0.177. The molecule has 0 radical (unpaired) electrons. The average molecular weight is 391 g/mol. The smallest absolute Gasteiger partial charge is 0.229 e. The molecule has 1 aromatic heterocycles. The Morgan fingerprint density at radius 3 is 2.59 bits per heavy atom. The summed E-state index contributed by atoms with van der Waals surface area (Å²) in [5.74, 6) is 1.87. The number of ether oxygens (including phenoxy) is 2. The van der Waals surface area contributed by atoms with Crippen molar-refractivity contribution in [2.45, 2.75) is 6.54 Å². The van der Waals surface area contributed by atoms with Crippen LogP contribution in [0.2, 0.25) is 0 Å². The van der Waals surface area contributed by atoms with Crippen LogP contribution in [0.1, 0.15) is 11.1 Å². The minimum Gasteiger partial charge on any atom is -0.497 e. The summed E-state index contributed by atoms with van der Waals surface area (Å²) in [7, 11) is 3.21. The molecule has 0 bridgehead atoms. The fourth-order valence-electron chi connectivity index (χ4n) is 2.64. The highest BCUT2D eigenvalue weighted by atomic mass is 16.5. The minimum atomic E-state index is 0.177. The molecule has 0 aliphatic heterocycles. The van der Waals surface area contributed by atoms with E-state index >= 15 is 0 Å². The zero-order chi connectivity index (χ0) is 20.8. The zero-order valence-electron chi connectivity index (χ0n) is 16.1. The van der Waals surface area contributed by atoms with E-state index in [2.05, 4.69) is 26.7 Å². The maximum absolute atomic E-state index is 9.23. The summed E-state index contributed by atoms with van der Waals surface area (Å²) >= 11 is 0. The molecule has 0 aliphatic rings. The number of nitrogens with two attached hydrogens (primary N) is 2. The van der Waals surface area contributed by atoms with Crippen molar-refractivity contribution in [3.8, 4) is 17.6 Å². The number of aromatic nitrogens is 2. The number of nitriles is 1. The number of hydrogen-bond donors (Lipinski definition) is 4. The van der Waals surface area contributed by atoms with Gasteiger partial charge in [0.2, 0.25) is 5.95 Å². The second-order valence-electron chi connectivity index (χ2n) is 6.06. The first kappa shape index (κ1) is 19.6. The molecule has 0 spiro atoms. The Hall–Kier alpha value is -4.19. The topological polar surface area (TPSA) is 144 Å². The molecule has 9 nitrogen and oxygen atoms in total. The quantitative estimate of drug-likeness (QED) is 0.477. The van der Waals surface area contributed by atoms with Crippen molar-refractivity contribution in [3.05, 3.63) is 53.7 Å². The summed E-state index contributed by atoms with van der Waals surface area (Å²) in [5, 5.41) is 15.6. The van der Waals surface area contributed by atoms with E-state index in [0.717, 1.165) is 11.3 Å². The molecule has 0 saturated heterocycles. The number of anilines is 5. The molecule has 0 fully saturated rings. The summed E-state index contributed by atoms with van der Waals surface area (Å²) in [6.45, 7) is 0.485. The van der Waals surface area contributed by atoms with E-state index in [1.165, 1.54) is 6.20 Å². The molecular formula is C20H21N7O2. The monoisotopic (exact) mass is 391 g/mol. The van der Waals surface area contributed by atoms with Crippen LogP contribution in [0.3, 0.4) is 0 Å². The summed E-state index contributed by atoms with van der Waals surface area (Å²) in [6, 6.07) is 12.9. The van der Waals surface area contributed by atoms with Crippen LogP contribution in [-0.2, 0) is 6.54 Å². The molecule has 0 aliphatic carbocycles. The molecule has 6 N–H and O–H groups in total. The Morgan fingerprint density at radius 1 is 1.07 bits per heavy atom. The lowest BCUT2D eigenvalue weighted by atomic mass is 10.1. The maximum Gasteiger partial charge on any atom is 0.229 e. The highest BCUT2D eigenvalue weighted by molar-refractivity contribution is 5.75. The molecule has 0 saturated carbocycles. The molecule has 3 rings (SSSR count). The number of nitrogens with zero attached hydrogens (tertiary/aromatic N) is 3. The van der Waals surface area contributed by atoms with Gasteiger partial charge in [-0.3, -0.25) is 0 Å². The van der Waals surface area contributed by atoms with E-state index in [9.17, 15) is 5.26 Å². The third-order valence-electron chi connectivity index (χ3n) is 4.21. The van der Waals surface area contributed by atoms with Crippen molar-refractivity contribution in [1.82, 2.24) is 9.97 Å². The predicted octanol–water partition coefficient (Wildman–Crippen LogP) is 2.89. The number of methoxy groups -OCH3 is 2. The van der Waals surface area contributed by atoms with Crippen LogP contribution >= 0.6 is 0 Å². The Balaban J connectivity index is 1.86. The first-order valence-corrected chi connectivity index (χ1v) is 8.68. The summed E-state index contributed by atoms with van der Waals surface area (Å²) in [6.07, 6.45) is 1.42. The average Bonchev–Trinajstić information content (AvgIpc) is 2.75. The molecule has 0 atom stereocenters. The van der Waals surface area contributed by atoms with Crippen molar-refractivity contribution in [3.63, 3.8) is 0 Å². The molecule has 0 amide bonds. The van der Waals surface area contributed by atoms with Crippen LogP contribution in [0, 0.1) is 11.3 Å². The molecule has 0 unspecified atom stereocenters. The van der Waals surface area contributed by atoms with Crippen molar-refractivity contribution in [1.29, 1.82) is 5.26 Å². The van der Waals surface area contributed by atoms with E-state index in [-0.39, 0.29) is 11.8 Å². The van der Waals surface area contributed by atoms with Crippen LogP contribution in [0.4, 0.5) is 28.8 Å². The van der Waals surface area contributed by atoms with Gasteiger partial charge in [0.25, 0.3) is 0 Å². The lowest BCUT2D eigenvalue weighted by Gasteiger charge is -2.16. The van der Waals surface area contributed by atoms with Gasteiger partial charge in [0.15, 0.2) is 5.82 Å².